The summed E-state index contributed by atoms with van der Waals surface area (Å²) in [7, 11) is 0. The van der Waals surface area contributed by atoms with E-state index in [0.29, 0.717) is 11.5 Å². The van der Waals surface area contributed by atoms with E-state index < -0.39 is 47.7 Å². The Labute approximate surface area is 207 Å². The molecule has 0 radical (unpaired) electrons. The van der Waals surface area contributed by atoms with Crippen molar-refractivity contribution in [2.45, 2.75) is 44.8 Å². The number of anilines is 1. The van der Waals surface area contributed by atoms with Crippen LogP contribution in [-0.2, 0) is 9.53 Å². The molecule has 5 atom stereocenters. The summed E-state index contributed by atoms with van der Waals surface area (Å²) in [6, 6.07) is 11.9. The van der Waals surface area contributed by atoms with Crippen molar-refractivity contribution in [3.05, 3.63) is 70.8 Å². The number of cyclic esters (lactones) is 1. The van der Waals surface area contributed by atoms with Crippen molar-refractivity contribution in [1.29, 1.82) is 0 Å². The van der Waals surface area contributed by atoms with E-state index in [1.807, 2.05) is 43.3 Å². The number of alkyl halides is 2. The maximum atomic E-state index is 15.3. The molecule has 35 heavy (non-hydrogen) atoms. The van der Waals surface area contributed by atoms with E-state index in [-0.39, 0.29) is 0 Å². The third-order valence-corrected chi connectivity index (χ3v) is 8.01. The Bertz CT molecular complexity index is 1250. The van der Waals surface area contributed by atoms with Crippen LogP contribution in [-0.4, -0.2) is 33.5 Å². The van der Waals surface area contributed by atoms with Crippen molar-refractivity contribution in [1.82, 2.24) is 9.97 Å². The van der Waals surface area contributed by atoms with Gasteiger partial charge in [0.1, 0.15) is 17.5 Å². The molecule has 2 aliphatic rings. The summed E-state index contributed by atoms with van der Waals surface area (Å²) in [4.78, 5) is 21.7. The zero-order valence-electron chi connectivity index (χ0n) is 19.7. The van der Waals surface area contributed by atoms with Crippen LogP contribution in [0.2, 0.25) is 0 Å². The molecule has 1 saturated heterocycles. The number of nitrogens with zero attached hydrogens (tertiary/aromatic N) is 2. The Kier molecular flexibility index (Phi) is 5.95. The first kappa shape index (κ1) is 23.6. The Hall–Kier alpha value is -3.13. The summed E-state index contributed by atoms with van der Waals surface area (Å²) in [6.45, 7) is 5.37. The second-order valence-electron chi connectivity index (χ2n) is 9.56. The molecule has 1 N–H and O–H groups in total. The van der Waals surface area contributed by atoms with Crippen LogP contribution < -0.4 is 5.32 Å². The standard InChI is InChI=1S/C27H27F2N3O2S/c1-16-6-4-5-7-21(16)19-8-9-20(30-12-19)10-11-22-17(2)27(28,29)14-26(32-23-13-35-15-31-23)24(22)18(3)34-25(26)33/h4-13,15,17-18,22,24,32H,14H2,1-3H3/b11-10+/t17-,18+,22-,24-,26-/m0/s1. The van der Waals surface area contributed by atoms with Gasteiger partial charge in [0.25, 0.3) is 5.92 Å². The Morgan fingerprint density at radius 2 is 1.97 bits per heavy atom. The first-order valence-electron chi connectivity index (χ1n) is 11.7. The predicted molar refractivity (Wildman–Crippen MR) is 133 cm³/mol. The monoisotopic (exact) mass is 495 g/mol. The number of carbonyl (C=O) groups is 1. The van der Waals surface area contributed by atoms with E-state index in [4.69, 9.17) is 4.74 Å². The van der Waals surface area contributed by atoms with Gasteiger partial charge in [-0.2, -0.15) is 0 Å². The molecule has 1 aliphatic heterocycles. The quantitative estimate of drug-likeness (QED) is 0.425. The van der Waals surface area contributed by atoms with Gasteiger partial charge in [-0.05, 0) is 43.0 Å². The van der Waals surface area contributed by atoms with E-state index >= 15 is 8.78 Å². The fraction of sp³-hybridized carbons (Fsp3) is 0.370. The minimum absolute atomic E-state index is 0.410. The summed E-state index contributed by atoms with van der Waals surface area (Å²) in [5.74, 6) is -5.36. The molecule has 3 aromatic rings. The Morgan fingerprint density at radius 1 is 1.17 bits per heavy atom. The molecule has 1 aliphatic carbocycles. The lowest BCUT2D eigenvalue weighted by Crippen LogP contribution is -2.61. The highest BCUT2D eigenvalue weighted by molar-refractivity contribution is 7.07. The highest BCUT2D eigenvalue weighted by Gasteiger charge is 2.68. The van der Waals surface area contributed by atoms with Gasteiger partial charge < -0.3 is 10.1 Å². The van der Waals surface area contributed by atoms with Gasteiger partial charge in [0.2, 0.25) is 0 Å². The van der Waals surface area contributed by atoms with Gasteiger partial charge in [-0.1, -0.05) is 43.3 Å². The number of pyridine rings is 1. The molecule has 2 fully saturated rings. The van der Waals surface area contributed by atoms with E-state index in [0.717, 1.165) is 16.7 Å². The van der Waals surface area contributed by atoms with Crippen molar-refractivity contribution < 1.29 is 18.3 Å². The van der Waals surface area contributed by atoms with Gasteiger partial charge in [-0.15, -0.1) is 11.3 Å². The maximum Gasteiger partial charge on any atom is 0.332 e. The second-order valence-corrected chi connectivity index (χ2v) is 10.3. The third-order valence-electron chi connectivity index (χ3n) is 7.42. The largest absolute Gasteiger partial charge is 0.460 e. The summed E-state index contributed by atoms with van der Waals surface area (Å²) < 4.78 is 36.3. The summed E-state index contributed by atoms with van der Waals surface area (Å²) in [5, 5.41) is 4.76. The molecule has 3 heterocycles. The second kappa shape index (κ2) is 8.82. The fourth-order valence-corrected chi connectivity index (χ4v) is 6.06. The number of rotatable bonds is 5. The van der Waals surface area contributed by atoms with Gasteiger partial charge in [0, 0.05) is 35.4 Å². The molecular weight excluding hydrogens is 468 g/mol. The van der Waals surface area contributed by atoms with Crippen LogP contribution in [0.3, 0.4) is 0 Å². The molecule has 0 spiro atoms. The SMILES string of the molecule is Cc1ccccc1-c1ccc(/C=C/[C@@H]2[C@@H]3[C@@H](C)OC(=O)[C@]3(Nc3cscn3)CC(F)(F)[C@H]2C)nc1. The summed E-state index contributed by atoms with van der Waals surface area (Å²) in [5.41, 5.74) is 3.97. The van der Waals surface area contributed by atoms with Crippen molar-refractivity contribution in [2.75, 3.05) is 5.32 Å². The van der Waals surface area contributed by atoms with Gasteiger partial charge >= 0.3 is 5.97 Å². The summed E-state index contributed by atoms with van der Waals surface area (Å²) in [6.07, 6.45) is 4.19. The molecule has 0 bridgehead atoms. The predicted octanol–water partition coefficient (Wildman–Crippen LogP) is 6.23. The third kappa shape index (κ3) is 4.14. The molecule has 0 unspecified atom stereocenters. The number of aromatic nitrogens is 2. The van der Waals surface area contributed by atoms with Crippen molar-refractivity contribution in [2.24, 2.45) is 17.8 Å². The van der Waals surface area contributed by atoms with Crippen LogP contribution in [0.5, 0.6) is 0 Å². The maximum absolute atomic E-state index is 15.3. The number of fused-ring (bicyclic) bond motifs is 1. The zero-order chi connectivity index (χ0) is 24.8. The normalized spacial score (nSPS) is 29.7. The number of ether oxygens (including phenoxy) is 1. The first-order chi connectivity index (χ1) is 16.7. The number of allylic oxidation sites excluding steroid dienone is 1. The topological polar surface area (TPSA) is 64.1 Å². The molecule has 8 heteroatoms. The van der Waals surface area contributed by atoms with Crippen molar-refractivity contribution in [3.63, 3.8) is 0 Å². The molecule has 5 rings (SSSR count). The molecule has 5 nitrogen and oxygen atoms in total. The lowest BCUT2D eigenvalue weighted by molar-refractivity contribution is -0.153. The molecule has 1 saturated carbocycles. The van der Waals surface area contributed by atoms with Crippen LogP contribution in [0.4, 0.5) is 14.6 Å². The number of benzene rings is 1. The lowest BCUT2D eigenvalue weighted by Gasteiger charge is -2.48. The minimum atomic E-state index is -3.07. The van der Waals surface area contributed by atoms with Gasteiger partial charge in [0.05, 0.1) is 11.2 Å². The Balaban J connectivity index is 1.47. The highest BCUT2D eigenvalue weighted by Crippen LogP contribution is 2.56. The number of carbonyl (C=O) groups excluding carboxylic acids is 1. The van der Waals surface area contributed by atoms with Gasteiger partial charge in [-0.3, -0.25) is 4.98 Å². The van der Waals surface area contributed by atoms with Crippen molar-refractivity contribution in [3.8, 4) is 11.1 Å². The lowest BCUT2D eigenvalue weighted by atomic mass is 9.60. The van der Waals surface area contributed by atoms with Gasteiger partial charge in [0.15, 0.2) is 0 Å². The van der Waals surface area contributed by atoms with Crippen molar-refractivity contribution >= 4 is 29.2 Å². The van der Waals surface area contributed by atoms with Crippen LogP contribution in [0.15, 0.2) is 59.6 Å². The average molecular weight is 496 g/mol. The fourth-order valence-electron chi connectivity index (χ4n) is 5.58. The smallest absolute Gasteiger partial charge is 0.332 e. The number of hydrogen-bond donors (Lipinski definition) is 1. The molecular formula is C27H27F2N3O2S. The summed E-state index contributed by atoms with van der Waals surface area (Å²) >= 11 is 1.33. The number of thiazole rings is 1. The number of aryl methyl sites for hydroxylation is 1. The van der Waals surface area contributed by atoms with Crippen LogP contribution in [0, 0.1) is 24.7 Å². The van der Waals surface area contributed by atoms with Gasteiger partial charge in [-0.25, -0.2) is 18.6 Å². The number of esters is 1. The number of halogens is 2. The first-order valence-corrected chi connectivity index (χ1v) is 12.6. The van der Waals surface area contributed by atoms with E-state index in [1.165, 1.54) is 11.3 Å². The van der Waals surface area contributed by atoms with Crippen LogP contribution in [0.25, 0.3) is 17.2 Å². The Morgan fingerprint density at radius 3 is 2.66 bits per heavy atom. The molecule has 1 aromatic carbocycles. The van der Waals surface area contributed by atoms with Crippen LogP contribution >= 0.6 is 11.3 Å². The molecule has 2 aromatic heterocycles. The number of hydrogen-bond acceptors (Lipinski definition) is 6. The van der Waals surface area contributed by atoms with E-state index in [9.17, 15) is 4.79 Å². The minimum Gasteiger partial charge on any atom is -0.460 e. The molecule has 0 amide bonds. The van der Waals surface area contributed by atoms with Crippen LogP contribution in [0.1, 0.15) is 31.5 Å². The molecule has 182 valence electrons. The number of nitrogens with one attached hydrogen (secondary N) is 1. The highest BCUT2D eigenvalue weighted by atomic mass is 32.1. The average Bonchev–Trinajstić information content (AvgIpc) is 3.41. The van der Waals surface area contributed by atoms with E-state index in [1.54, 1.807) is 43.1 Å². The zero-order valence-corrected chi connectivity index (χ0v) is 20.6. The van der Waals surface area contributed by atoms with E-state index in [2.05, 4.69) is 15.3 Å².